The third-order valence-electron chi connectivity index (χ3n) is 7.68. The summed E-state index contributed by atoms with van der Waals surface area (Å²) in [5.74, 6) is 1.68. The fourth-order valence-corrected chi connectivity index (χ4v) is 5.92. The van der Waals surface area contributed by atoms with Gasteiger partial charge >= 0.3 is 0 Å². The Balaban J connectivity index is 0.00000235. The number of hydrogen-bond donors (Lipinski definition) is 0. The quantitative estimate of drug-likeness (QED) is 0.237. The number of likely N-dealkylation sites (tertiary alicyclic amines) is 1. The molecule has 0 N–H and O–H groups in total. The van der Waals surface area contributed by atoms with Gasteiger partial charge in [0.05, 0.1) is 0 Å². The van der Waals surface area contributed by atoms with Gasteiger partial charge in [0, 0.05) is 12.6 Å². The molecule has 1 rings (SSSR count). The zero-order valence-electron chi connectivity index (χ0n) is 25.2. The van der Waals surface area contributed by atoms with Crippen LogP contribution < -0.4 is 0 Å². The first-order chi connectivity index (χ1) is 15.4. The molecule has 200 valence electrons. The third kappa shape index (κ3) is 14.8. The molecule has 0 saturated carbocycles. The summed E-state index contributed by atoms with van der Waals surface area (Å²) >= 11 is 0. The number of hydrogen-bond acceptors (Lipinski definition) is 2. The van der Waals surface area contributed by atoms with Gasteiger partial charge in [0.2, 0.25) is 0 Å². The Labute approximate surface area is 211 Å². The fourth-order valence-electron chi connectivity index (χ4n) is 5.92. The highest BCUT2D eigenvalue weighted by Crippen LogP contribution is 2.42. The molecule has 1 heterocycles. The monoisotopic (exact) mass is 467 g/mol. The molecule has 0 radical (unpaired) electrons. The average molecular weight is 467 g/mol. The first kappa shape index (κ1) is 32.9. The molecule has 0 aromatic heterocycles. The Bertz CT molecular complexity index is 439. The smallest absolute Gasteiger partial charge is 0.00671 e. The molecule has 0 aromatic rings. The maximum Gasteiger partial charge on any atom is 0.00671 e. The van der Waals surface area contributed by atoms with E-state index in [0.29, 0.717) is 10.8 Å². The molecule has 1 aliphatic rings. The lowest BCUT2D eigenvalue weighted by Crippen LogP contribution is -2.45. The van der Waals surface area contributed by atoms with Crippen molar-refractivity contribution in [3.8, 4) is 0 Å². The molecular formula is C31H66N2. The van der Waals surface area contributed by atoms with Crippen LogP contribution in [0.3, 0.4) is 0 Å². The van der Waals surface area contributed by atoms with E-state index in [2.05, 4.69) is 86.0 Å². The van der Waals surface area contributed by atoms with Gasteiger partial charge in [-0.2, -0.15) is 0 Å². The van der Waals surface area contributed by atoms with E-state index in [1.54, 1.807) is 0 Å². The molecule has 0 aliphatic carbocycles. The predicted octanol–water partition coefficient (Wildman–Crippen LogP) is 9.28. The van der Waals surface area contributed by atoms with E-state index in [0.717, 1.165) is 17.9 Å². The molecule has 33 heavy (non-hydrogen) atoms. The van der Waals surface area contributed by atoms with Crippen molar-refractivity contribution in [3.05, 3.63) is 0 Å². The number of rotatable bonds is 15. The Morgan fingerprint density at radius 2 is 1.33 bits per heavy atom. The van der Waals surface area contributed by atoms with Crippen molar-refractivity contribution in [3.63, 3.8) is 0 Å². The van der Waals surface area contributed by atoms with Gasteiger partial charge < -0.3 is 9.80 Å². The summed E-state index contributed by atoms with van der Waals surface area (Å²) in [6.45, 7) is 32.3. The molecule has 0 bridgehead atoms. The van der Waals surface area contributed by atoms with Crippen LogP contribution in [-0.2, 0) is 0 Å². The van der Waals surface area contributed by atoms with Gasteiger partial charge in [-0.05, 0) is 107 Å². The third-order valence-corrected chi connectivity index (χ3v) is 7.68. The van der Waals surface area contributed by atoms with Crippen LogP contribution in [0.25, 0.3) is 0 Å². The first-order valence-electron chi connectivity index (χ1n) is 14.9. The Morgan fingerprint density at radius 1 is 0.818 bits per heavy atom. The molecule has 0 aromatic carbocycles. The summed E-state index contributed by atoms with van der Waals surface area (Å²) in [5.41, 5.74) is 1.07. The van der Waals surface area contributed by atoms with Crippen molar-refractivity contribution in [2.45, 2.75) is 146 Å². The lowest BCUT2D eigenvalue weighted by Gasteiger charge is -2.45. The van der Waals surface area contributed by atoms with E-state index in [1.165, 1.54) is 96.9 Å². The van der Waals surface area contributed by atoms with Crippen molar-refractivity contribution in [1.82, 2.24) is 9.80 Å². The molecule has 2 nitrogen and oxygen atoms in total. The highest BCUT2D eigenvalue weighted by molar-refractivity contribution is 4.89. The van der Waals surface area contributed by atoms with Gasteiger partial charge in [0.15, 0.2) is 0 Å². The van der Waals surface area contributed by atoms with Crippen molar-refractivity contribution in [2.24, 2.45) is 22.7 Å². The second kappa shape index (κ2) is 17.4. The molecule has 2 atom stereocenters. The van der Waals surface area contributed by atoms with Crippen LogP contribution in [0.2, 0.25) is 0 Å². The van der Waals surface area contributed by atoms with Crippen molar-refractivity contribution in [1.29, 1.82) is 0 Å². The summed E-state index contributed by atoms with van der Waals surface area (Å²) in [7, 11) is 0. The molecule has 0 spiro atoms. The average Bonchev–Trinajstić information content (AvgIpc) is 2.73. The molecule has 2 heteroatoms. The SMILES string of the molecule is CC(C)C.CCCN(CCC)C(C)CCC1(CCC)CCN(CC(C)(C)CC(C)CC)CC1. The van der Waals surface area contributed by atoms with E-state index in [1.807, 2.05) is 0 Å². The summed E-state index contributed by atoms with van der Waals surface area (Å²) < 4.78 is 0. The summed E-state index contributed by atoms with van der Waals surface area (Å²) in [6.07, 6.45) is 13.7. The predicted molar refractivity (Wildman–Crippen MR) is 152 cm³/mol. The van der Waals surface area contributed by atoms with Crippen LogP contribution in [0.5, 0.6) is 0 Å². The standard InChI is InChI=1S/C27H56N2.C4H10/c1-9-14-27(15-13-25(6)29(18-10-2)19-11-3)16-20-28(21-17-27)23-26(7,8)22-24(5)12-4;1-4(2)3/h24-25H,9-23H2,1-8H3;4H,1-3H3. The molecule has 1 saturated heterocycles. The van der Waals surface area contributed by atoms with Crippen molar-refractivity contribution in [2.75, 3.05) is 32.7 Å². The summed E-state index contributed by atoms with van der Waals surface area (Å²) in [5, 5.41) is 0. The highest BCUT2D eigenvalue weighted by Gasteiger charge is 2.35. The van der Waals surface area contributed by atoms with E-state index in [4.69, 9.17) is 0 Å². The second-order valence-corrected chi connectivity index (χ2v) is 13.1. The van der Waals surface area contributed by atoms with Crippen LogP contribution in [0.1, 0.15) is 140 Å². The molecular weight excluding hydrogens is 400 g/mol. The van der Waals surface area contributed by atoms with Gasteiger partial charge in [-0.3, -0.25) is 0 Å². The van der Waals surface area contributed by atoms with Crippen LogP contribution >= 0.6 is 0 Å². The maximum atomic E-state index is 2.79. The maximum absolute atomic E-state index is 2.79. The zero-order chi connectivity index (χ0) is 25.5. The largest absolute Gasteiger partial charge is 0.303 e. The molecule has 0 amide bonds. The van der Waals surface area contributed by atoms with Crippen molar-refractivity contribution < 1.29 is 0 Å². The van der Waals surface area contributed by atoms with Crippen LogP contribution in [0.4, 0.5) is 0 Å². The van der Waals surface area contributed by atoms with E-state index >= 15 is 0 Å². The lowest BCUT2D eigenvalue weighted by molar-refractivity contribution is 0.0488. The van der Waals surface area contributed by atoms with Gasteiger partial charge in [-0.25, -0.2) is 0 Å². The summed E-state index contributed by atoms with van der Waals surface area (Å²) in [4.78, 5) is 5.53. The Morgan fingerprint density at radius 3 is 1.76 bits per heavy atom. The zero-order valence-corrected chi connectivity index (χ0v) is 25.2. The number of piperidine rings is 1. The van der Waals surface area contributed by atoms with Gasteiger partial charge in [-0.15, -0.1) is 0 Å². The van der Waals surface area contributed by atoms with Gasteiger partial charge in [0.25, 0.3) is 0 Å². The van der Waals surface area contributed by atoms with Gasteiger partial charge in [-0.1, -0.05) is 82.1 Å². The van der Waals surface area contributed by atoms with Crippen molar-refractivity contribution >= 4 is 0 Å². The Kier molecular flexibility index (Phi) is 17.3. The minimum Gasteiger partial charge on any atom is -0.303 e. The lowest BCUT2D eigenvalue weighted by atomic mass is 9.70. The van der Waals surface area contributed by atoms with Crippen LogP contribution in [0.15, 0.2) is 0 Å². The normalized spacial score (nSPS) is 18.8. The van der Waals surface area contributed by atoms with E-state index < -0.39 is 0 Å². The van der Waals surface area contributed by atoms with E-state index in [-0.39, 0.29) is 0 Å². The first-order valence-corrected chi connectivity index (χ1v) is 14.9. The second-order valence-electron chi connectivity index (χ2n) is 13.1. The topological polar surface area (TPSA) is 6.48 Å². The highest BCUT2D eigenvalue weighted by atomic mass is 15.1. The summed E-state index contributed by atoms with van der Waals surface area (Å²) in [6, 6.07) is 0.746. The fraction of sp³-hybridized carbons (Fsp3) is 1.00. The minimum atomic E-state index is 0.454. The van der Waals surface area contributed by atoms with E-state index in [9.17, 15) is 0 Å². The van der Waals surface area contributed by atoms with Gasteiger partial charge in [0.1, 0.15) is 0 Å². The Hall–Kier alpha value is -0.0800. The number of nitrogens with zero attached hydrogens (tertiary/aromatic N) is 2. The molecule has 2 unspecified atom stereocenters. The molecule has 1 aliphatic heterocycles. The minimum absolute atomic E-state index is 0.454. The van der Waals surface area contributed by atoms with Crippen LogP contribution in [0, 0.1) is 22.7 Å². The van der Waals surface area contributed by atoms with Crippen LogP contribution in [-0.4, -0.2) is 48.6 Å². The molecule has 1 fully saturated rings.